The summed E-state index contributed by atoms with van der Waals surface area (Å²) in [5, 5.41) is 9.55. The van der Waals surface area contributed by atoms with E-state index in [-0.39, 0.29) is 11.3 Å². The molecule has 1 atom stereocenters. The zero-order chi connectivity index (χ0) is 13.0. The molecule has 1 rings (SSSR count). The molecule has 1 aromatic rings. The van der Waals surface area contributed by atoms with Gasteiger partial charge in [0.2, 0.25) is 0 Å². The normalized spacial score (nSPS) is 12.4. The van der Waals surface area contributed by atoms with E-state index in [0.29, 0.717) is 5.56 Å². The molecular formula is C11H12F2O4. The molecular weight excluding hydrogens is 234 g/mol. The van der Waals surface area contributed by atoms with Gasteiger partial charge in [0.05, 0.1) is 7.11 Å². The van der Waals surface area contributed by atoms with Crippen LogP contribution in [0.2, 0.25) is 0 Å². The molecule has 0 aliphatic heterocycles. The molecule has 0 fully saturated rings. The lowest BCUT2D eigenvalue weighted by molar-refractivity contribution is -0.150. The Bertz CT molecular complexity index is 406. The van der Waals surface area contributed by atoms with Crippen LogP contribution in [0.15, 0.2) is 18.2 Å². The van der Waals surface area contributed by atoms with Gasteiger partial charge < -0.3 is 14.6 Å². The van der Waals surface area contributed by atoms with Crippen molar-refractivity contribution in [1.29, 1.82) is 0 Å². The molecule has 0 saturated heterocycles. The number of hydrogen-bond donors (Lipinski definition) is 1. The largest absolute Gasteiger partial charge is 0.467 e. The fourth-order valence-electron chi connectivity index (χ4n) is 1.35. The average Bonchev–Trinajstić information content (AvgIpc) is 2.25. The van der Waals surface area contributed by atoms with E-state index >= 15 is 0 Å². The second-order valence-electron chi connectivity index (χ2n) is 3.38. The number of benzene rings is 1. The van der Waals surface area contributed by atoms with Gasteiger partial charge in [-0.15, -0.1) is 0 Å². The molecule has 17 heavy (non-hydrogen) atoms. The average molecular weight is 246 g/mol. The van der Waals surface area contributed by atoms with Crippen LogP contribution in [-0.4, -0.2) is 24.8 Å². The third-order valence-corrected chi connectivity index (χ3v) is 2.04. The molecule has 0 heterocycles. The minimum Gasteiger partial charge on any atom is -0.467 e. The number of aliphatic hydroxyl groups excluding tert-OH is 1. The highest BCUT2D eigenvalue weighted by atomic mass is 19.3. The lowest BCUT2D eigenvalue weighted by Gasteiger charge is -2.12. The third-order valence-electron chi connectivity index (χ3n) is 2.04. The van der Waals surface area contributed by atoms with Crippen LogP contribution in [0, 0.1) is 6.92 Å². The predicted molar refractivity (Wildman–Crippen MR) is 54.8 cm³/mol. The second-order valence-corrected chi connectivity index (χ2v) is 3.38. The lowest BCUT2D eigenvalue weighted by Crippen LogP contribution is -2.14. The van der Waals surface area contributed by atoms with Gasteiger partial charge in [0.1, 0.15) is 5.75 Å². The van der Waals surface area contributed by atoms with Gasteiger partial charge in [-0.3, -0.25) is 0 Å². The van der Waals surface area contributed by atoms with Gasteiger partial charge in [0.15, 0.2) is 6.10 Å². The van der Waals surface area contributed by atoms with Gasteiger partial charge >= 0.3 is 12.6 Å². The fraction of sp³-hybridized carbons (Fsp3) is 0.364. The maximum Gasteiger partial charge on any atom is 0.387 e. The summed E-state index contributed by atoms with van der Waals surface area (Å²) in [7, 11) is 1.12. The zero-order valence-corrected chi connectivity index (χ0v) is 9.31. The Morgan fingerprint density at radius 3 is 2.53 bits per heavy atom. The van der Waals surface area contributed by atoms with Crippen LogP contribution in [0.25, 0.3) is 0 Å². The summed E-state index contributed by atoms with van der Waals surface area (Å²) in [4.78, 5) is 11.1. The summed E-state index contributed by atoms with van der Waals surface area (Å²) in [5.74, 6) is -0.975. The van der Waals surface area contributed by atoms with Gasteiger partial charge in [-0.1, -0.05) is 6.07 Å². The van der Waals surface area contributed by atoms with Crippen LogP contribution in [0.5, 0.6) is 5.75 Å². The van der Waals surface area contributed by atoms with E-state index in [9.17, 15) is 18.7 Å². The number of halogens is 2. The first kappa shape index (κ1) is 13.4. The first-order chi connectivity index (χ1) is 7.93. The summed E-state index contributed by atoms with van der Waals surface area (Å²) >= 11 is 0. The van der Waals surface area contributed by atoms with Gasteiger partial charge in [-0.25, -0.2) is 4.79 Å². The Balaban J connectivity index is 3.00. The molecule has 4 nitrogen and oxygen atoms in total. The molecule has 0 aliphatic carbocycles. The van der Waals surface area contributed by atoms with E-state index in [0.717, 1.165) is 7.11 Å². The molecule has 0 radical (unpaired) electrons. The molecule has 0 aromatic heterocycles. The second kappa shape index (κ2) is 5.58. The number of carbonyl (C=O) groups excluding carboxylic acids is 1. The summed E-state index contributed by atoms with van der Waals surface area (Å²) in [6.45, 7) is -1.33. The number of rotatable bonds is 4. The van der Waals surface area contributed by atoms with E-state index in [1.54, 1.807) is 6.92 Å². The number of aryl methyl sites for hydroxylation is 1. The van der Waals surface area contributed by atoms with Gasteiger partial charge in [0.25, 0.3) is 0 Å². The van der Waals surface area contributed by atoms with Crippen molar-refractivity contribution in [3.8, 4) is 5.75 Å². The van der Waals surface area contributed by atoms with Crippen LogP contribution in [0.4, 0.5) is 8.78 Å². The van der Waals surface area contributed by atoms with Crippen molar-refractivity contribution >= 4 is 5.97 Å². The maximum absolute atomic E-state index is 12.0. The van der Waals surface area contributed by atoms with Crippen LogP contribution in [-0.2, 0) is 9.53 Å². The Morgan fingerprint density at radius 1 is 1.35 bits per heavy atom. The van der Waals surface area contributed by atoms with Gasteiger partial charge in [0, 0.05) is 0 Å². The van der Waals surface area contributed by atoms with Crippen molar-refractivity contribution in [2.75, 3.05) is 7.11 Å². The van der Waals surface area contributed by atoms with Crippen molar-refractivity contribution in [3.63, 3.8) is 0 Å². The molecule has 1 aromatic carbocycles. The third kappa shape index (κ3) is 3.67. The quantitative estimate of drug-likeness (QED) is 0.823. The van der Waals surface area contributed by atoms with Crippen molar-refractivity contribution in [3.05, 3.63) is 29.3 Å². The molecule has 0 bridgehead atoms. The minimum atomic E-state index is -2.96. The Hall–Kier alpha value is -1.69. The fourth-order valence-corrected chi connectivity index (χ4v) is 1.35. The number of hydrogen-bond acceptors (Lipinski definition) is 4. The van der Waals surface area contributed by atoms with E-state index < -0.39 is 18.7 Å². The highest BCUT2D eigenvalue weighted by Gasteiger charge is 2.19. The van der Waals surface area contributed by atoms with Crippen LogP contribution in [0.3, 0.4) is 0 Å². The number of alkyl halides is 2. The minimum absolute atomic E-state index is 0.113. The van der Waals surface area contributed by atoms with E-state index in [2.05, 4.69) is 9.47 Å². The maximum atomic E-state index is 12.0. The van der Waals surface area contributed by atoms with Crippen LogP contribution in [0.1, 0.15) is 17.2 Å². The molecule has 1 unspecified atom stereocenters. The number of methoxy groups -OCH3 is 1. The Labute approximate surface area is 96.8 Å². The van der Waals surface area contributed by atoms with E-state index in [4.69, 9.17) is 0 Å². The first-order valence-corrected chi connectivity index (χ1v) is 4.76. The first-order valence-electron chi connectivity index (χ1n) is 4.76. The number of carbonyl (C=O) groups is 1. The zero-order valence-electron chi connectivity index (χ0n) is 9.31. The molecule has 6 heteroatoms. The SMILES string of the molecule is COC(=O)C(O)c1cc(C)cc(OC(F)F)c1. The van der Waals surface area contributed by atoms with Crippen LogP contribution >= 0.6 is 0 Å². The molecule has 0 amide bonds. The van der Waals surface area contributed by atoms with Crippen molar-refractivity contribution in [1.82, 2.24) is 0 Å². The number of esters is 1. The van der Waals surface area contributed by atoms with Crippen LogP contribution < -0.4 is 4.74 Å². The van der Waals surface area contributed by atoms with E-state index in [1.165, 1.54) is 18.2 Å². The van der Waals surface area contributed by atoms with Crippen molar-refractivity contribution in [2.24, 2.45) is 0 Å². The monoisotopic (exact) mass is 246 g/mol. The lowest BCUT2D eigenvalue weighted by atomic mass is 10.1. The van der Waals surface area contributed by atoms with Crippen molar-refractivity contribution in [2.45, 2.75) is 19.6 Å². The topological polar surface area (TPSA) is 55.8 Å². The van der Waals surface area contributed by atoms with Gasteiger partial charge in [-0.2, -0.15) is 8.78 Å². The molecule has 1 N–H and O–H groups in total. The highest BCUT2D eigenvalue weighted by Crippen LogP contribution is 2.23. The molecule has 0 saturated carbocycles. The Morgan fingerprint density at radius 2 is 2.00 bits per heavy atom. The summed E-state index contributed by atoms with van der Waals surface area (Å²) in [5.41, 5.74) is 0.730. The van der Waals surface area contributed by atoms with Gasteiger partial charge in [-0.05, 0) is 30.2 Å². The predicted octanol–water partition coefficient (Wildman–Crippen LogP) is 1.80. The molecule has 0 aliphatic rings. The standard InChI is InChI=1S/C11H12F2O4/c1-6-3-7(9(14)10(15)16-2)5-8(4-6)17-11(12)13/h3-5,9,11,14H,1-2H3. The summed E-state index contributed by atoms with van der Waals surface area (Å²) in [6, 6.07) is 4.03. The summed E-state index contributed by atoms with van der Waals surface area (Å²) in [6.07, 6.45) is -1.51. The van der Waals surface area contributed by atoms with E-state index in [1.807, 2.05) is 0 Å². The summed E-state index contributed by atoms with van der Waals surface area (Å²) < 4.78 is 32.6. The number of ether oxygens (including phenoxy) is 2. The number of aliphatic hydroxyl groups is 1. The highest BCUT2D eigenvalue weighted by molar-refractivity contribution is 5.76. The molecule has 0 spiro atoms. The smallest absolute Gasteiger partial charge is 0.387 e. The Kier molecular flexibility index (Phi) is 4.39. The van der Waals surface area contributed by atoms with Crippen molar-refractivity contribution < 1.29 is 28.2 Å². The molecule has 94 valence electrons.